The first-order valence-corrected chi connectivity index (χ1v) is 11.4. The number of carbonyl (C=O) groups excluding carboxylic acids is 1. The molecule has 5 aromatic rings. The highest BCUT2D eigenvalue weighted by Crippen LogP contribution is 2.35. The summed E-state index contributed by atoms with van der Waals surface area (Å²) in [6, 6.07) is 12.5. The topological polar surface area (TPSA) is 137 Å². The van der Waals surface area contributed by atoms with E-state index in [-0.39, 0.29) is 41.0 Å². The van der Waals surface area contributed by atoms with Gasteiger partial charge in [-0.1, -0.05) is 0 Å². The normalized spacial score (nSPS) is 10.5. The molecule has 0 saturated carbocycles. The molecule has 13 heteroatoms. The first-order valence-electron chi connectivity index (χ1n) is 11.4. The molecule has 0 fully saturated rings. The van der Waals surface area contributed by atoms with Crippen molar-refractivity contribution in [3.63, 3.8) is 0 Å². The molecule has 2 N–H and O–H groups in total. The van der Waals surface area contributed by atoms with E-state index in [0.29, 0.717) is 22.5 Å². The van der Waals surface area contributed by atoms with E-state index in [2.05, 4.69) is 20.3 Å². The highest BCUT2D eigenvalue weighted by atomic mass is 35.5. The van der Waals surface area contributed by atoms with Gasteiger partial charge in [-0.05, 0) is 30.3 Å². The lowest BCUT2D eigenvalue weighted by Crippen LogP contribution is -2.28. The van der Waals surface area contributed by atoms with E-state index >= 15 is 4.39 Å². The van der Waals surface area contributed by atoms with Crippen LogP contribution in [-0.4, -0.2) is 39.6 Å². The van der Waals surface area contributed by atoms with Crippen LogP contribution in [0, 0.1) is 5.82 Å². The number of hydrogen-bond acceptors (Lipinski definition) is 8. The van der Waals surface area contributed by atoms with Crippen LogP contribution in [0.4, 0.5) is 10.1 Å². The van der Waals surface area contributed by atoms with Crippen LogP contribution in [0.3, 0.4) is 0 Å². The predicted octanol–water partition coefficient (Wildman–Crippen LogP) is 4.09. The number of halogens is 2. The Morgan fingerprint density at radius 3 is 2.55 bits per heavy atom. The summed E-state index contributed by atoms with van der Waals surface area (Å²) < 4.78 is 32.4. The quantitative estimate of drug-likeness (QED) is 0.301. The predicted molar refractivity (Wildman–Crippen MR) is 147 cm³/mol. The number of fused-ring (bicyclic) bond motifs is 1. The van der Waals surface area contributed by atoms with Crippen molar-refractivity contribution in [1.29, 1.82) is 0 Å². The number of rotatable bonds is 7. The minimum atomic E-state index is -0.771. The van der Waals surface area contributed by atoms with Crippen molar-refractivity contribution in [1.82, 2.24) is 19.5 Å². The summed E-state index contributed by atoms with van der Waals surface area (Å²) in [6.45, 7) is 0. The van der Waals surface area contributed by atoms with Crippen molar-refractivity contribution in [3.8, 4) is 28.8 Å². The molecule has 0 atom stereocenters. The largest absolute Gasteiger partial charge is 0.491 e. The number of hydrogen-bond donors (Lipinski definition) is 2. The molecule has 5 rings (SSSR count). The number of anilines is 1. The number of methoxy groups -OCH3 is 2. The molecule has 0 saturated heterocycles. The molecule has 1 aromatic carbocycles. The maximum atomic E-state index is 15.0. The zero-order valence-corrected chi connectivity index (χ0v) is 21.8. The Kier molecular flexibility index (Phi) is 8.10. The van der Waals surface area contributed by atoms with Crippen LogP contribution >= 0.6 is 12.4 Å². The van der Waals surface area contributed by atoms with Gasteiger partial charge in [-0.2, -0.15) is 0 Å². The fourth-order valence-corrected chi connectivity index (χ4v) is 3.82. The Labute approximate surface area is 231 Å². The second kappa shape index (κ2) is 11.7. The zero-order chi connectivity index (χ0) is 27.5. The van der Waals surface area contributed by atoms with E-state index in [0.717, 1.165) is 6.07 Å². The van der Waals surface area contributed by atoms with E-state index in [1.54, 1.807) is 6.07 Å². The van der Waals surface area contributed by atoms with E-state index in [4.69, 9.17) is 14.2 Å². The number of nitrogens with one attached hydrogen (secondary N) is 2. The van der Waals surface area contributed by atoms with Gasteiger partial charge in [0, 0.05) is 48.5 Å². The molecule has 4 aromatic heterocycles. The van der Waals surface area contributed by atoms with Crippen LogP contribution in [0.2, 0.25) is 0 Å². The molecule has 0 aliphatic heterocycles. The summed E-state index contributed by atoms with van der Waals surface area (Å²) in [7, 11) is 2.91. The number of carbonyl (C=O) groups is 1. The smallest absolute Gasteiger partial charge is 0.267 e. The zero-order valence-electron chi connectivity index (χ0n) is 21.0. The molecule has 0 bridgehead atoms. The minimum absolute atomic E-state index is 0. The van der Waals surface area contributed by atoms with Gasteiger partial charge >= 0.3 is 0 Å². The second-order valence-electron chi connectivity index (χ2n) is 8.09. The molecule has 0 unspecified atom stereocenters. The first-order chi connectivity index (χ1) is 18.9. The highest BCUT2D eigenvalue weighted by Gasteiger charge is 2.17. The summed E-state index contributed by atoms with van der Waals surface area (Å²) in [5, 5.41) is 2.51. The highest BCUT2D eigenvalue weighted by molar-refractivity contribution is 6.04. The van der Waals surface area contributed by atoms with Crippen molar-refractivity contribution in [2.45, 2.75) is 0 Å². The van der Waals surface area contributed by atoms with Crippen molar-refractivity contribution < 1.29 is 23.4 Å². The Hall–Kier alpha value is -5.23. The lowest BCUT2D eigenvalue weighted by atomic mass is 10.2. The lowest BCUT2D eigenvalue weighted by Gasteiger charge is -2.12. The molecule has 204 valence electrons. The Morgan fingerprint density at radius 2 is 1.82 bits per heavy atom. The number of ether oxygens (including phenoxy) is 3. The number of H-pyrrole nitrogens is 1. The Balaban J connectivity index is 0.00000370. The van der Waals surface area contributed by atoms with Gasteiger partial charge in [0.1, 0.15) is 11.1 Å². The molecular weight excluding hydrogens is 545 g/mol. The maximum Gasteiger partial charge on any atom is 0.267 e. The monoisotopic (exact) mass is 565 g/mol. The van der Waals surface area contributed by atoms with Gasteiger partial charge in [0.2, 0.25) is 5.56 Å². The number of amides is 1. The average molecular weight is 566 g/mol. The standard InChI is InChI=1S/C27H20FN5O6.ClH/c1-37-22-14-19-24(32-26(22)38-2)21(8-10-29-19)39-20-6-5-15(12-18(20)28)31-25(35)17-4-3-11-33(27(17)36)16-7-9-30-23(34)13-16;/h3-14H,1-2H3,(H,30,34)(H,31,35);1H. The van der Waals surface area contributed by atoms with Crippen molar-refractivity contribution in [2.75, 3.05) is 19.5 Å². The minimum Gasteiger partial charge on any atom is -0.491 e. The fraction of sp³-hybridized carbons (Fsp3) is 0.0741. The van der Waals surface area contributed by atoms with Crippen LogP contribution in [0.1, 0.15) is 10.4 Å². The van der Waals surface area contributed by atoms with Gasteiger partial charge in [0.25, 0.3) is 17.3 Å². The summed E-state index contributed by atoms with van der Waals surface area (Å²) in [5.74, 6) is -0.844. The molecule has 40 heavy (non-hydrogen) atoms. The number of aromatic nitrogens is 4. The summed E-state index contributed by atoms with van der Waals surface area (Å²) in [5.41, 5.74) is -0.0837. The second-order valence-corrected chi connectivity index (χ2v) is 8.09. The Morgan fingerprint density at radius 1 is 1.00 bits per heavy atom. The number of pyridine rings is 4. The molecule has 1 amide bonds. The van der Waals surface area contributed by atoms with E-state index < -0.39 is 22.8 Å². The van der Waals surface area contributed by atoms with Crippen molar-refractivity contribution >= 4 is 35.0 Å². The van der Waals surface area contributed by atoms with E-state index in [9.17, 15) is 14.4 Å². The van der Waals surface area contributed by atoms with Crippen molar-refractivity contribution in [3.05, 3.63) is 105 Å². The molecule has 4 heterocycles. The fourth-order valence-electron chi connectivity index (χ4n) is 3.82. The van der Waals surface area contributed by atoms with Crippen LogP contribution in [0.15, 0.2) is 82.8 Å². The summed E-state index contributed by atoms with van der Waals surface area (Å²) >= 11 is 0. The number of nitrogens with zero attached hydrogens (tertiary/aromatic N) is 3. The molecule has 0 radical (unpaired) electrons. The van der Waals surface area contributed by atoms with Crippen LogP contribution < -0.4 is 30.6 Å². The van der Waals surface area contributed by atoms with Crippen LogP contribution in [-0.2, 0) is 0 Å². The van der Waals surface area contributed by atoms with Gasteiger partial charge < -0.3 is 24.5 Å². The van der Waals surface area contributed by atoms with Crippen molar-refractivity contribution in [2.24, 2.45) is 0 Å². The summed E-state index contributed by atoms with van der Waals surface area (Å²) in [4.78, 5) is 48.4. The van der Waals surface area contributed by atoms with Crippen LogP contribution in [0.25, 0.3) is 16.7 Å². The number of aromatic amines is 1. The Bertz CT molecular complexity index is 1840. The van der Waals surface area contributed by atoms with Gasteiger partial charge in [0.15, 0.2) is 23.1 Å². The molecule has 0 aliphatic rings. The third-order valence-electron chi connectivity index (χ3n) is 5.66. The van der Waals surface area contributed by atoms with Gasteiger partial charge in [-0.15, -0.1) is 12.4 Å². The summed E-state index contributed by atoms with van der Waals surface area (Å²) in [6.07, 6.45) is 4.31. The third-order valence-corrected chi connectivity index (χ3v) is 5.66. The first kappa shape index (κ1) is 27.8. The van der Waals surface area contributed by atoms with Crippen LogP contribution in [0.5, 0.6) is 23.1 Å². The maximum absolute atomic E-state index is 15.0. The average Bonchev–Trinajstić information content (AvgIpc) is 2.94. The van der Waals surface area contributed by atoms with Gasteiger partial charge in [-0.25, -0.2) is 9.37 Å². The van der Waals surface area contributed by atoms with E-state index in [1.165, 1.54) is 79.8 Å². The molecule has 0 spiro atoms. The molecule has 0 aliphatic carbocycles. The van der Waals surface area contributed by atoms with Gasteiger partial charge in [-0.3, -0.25) is 23.9 Å². The SMILES string of the molecule is COc1cc2nccc(Oc3ccc(NC(=O)c4cccn(-c5cc[nH]c(=O)c5)c4=O)cc3F)c2nc1OC.Cl. The lowest BCUT2D eigenvalue weighted by molar-refractivity contribution is 0.102. The number of benzene rings is 1. The molecular formula is C27H21ClFN5O6. The van der Waals surface area contributed by atoms with Gasteiger partial charge in [0.05, 0.1) is 25.4 Å². The molecule has 11 nitrogen and oxygen atoms in total. The van der Waals surface area contributed by atoms with E-state index in [1.807, 2.05) is 0 Å². The third kappa shape index (κ3) is 5.47.